The highest BCUT2D eigenvalue weighted by Crippen LogP contribution is 2.20. The Hall–Kier alpha value is -1.64. The van der Waals surface area contributed by atoms with Crippen LogP contribution in [0.15, 0.2) is 12.1 Å². The molecule has 1 fully saturated rings. The molecule has 0 bridgehead atoms. The van der Waals surface area contributed by atoms with Gasteiger partial charge in [0.25, 0.3) is 0 Å². The van der Waals surface area contributed by atoms with E-state index in [0.29, 0.717) is 25.3 Å². The van der Waals surface area contributed by atoms with Gasteiger partial charge in [-0.15, -0.1) is 0 Å². The van der Waals surface area contributed by atoms with Crippen LogP contribution in [0, 0.1) is 18.3 Å². The van der Waals surface area contributed by atoms with Gasteiger partial charge >= 0.3 is 0 Å². The third-order valence-corrected chi connectivity index (χ3v) is 2.84. The summed E-state index contributed by atoms with van der Waals surface area (Å²) in [4.78, 5) is 6.52. The van der Waals surface area contributed by atoms with Gasteiger partial charge in [-0.1, -0.05) is 0 Å². The van der Waals surface area contributed by atoms with Crippen molar-refractivity contribution >= 4 is 5.82 Å². The van der Waals surface area contributed by atoms with Gasteiger partial charge in [-0.05, 0) is 19.1 Å². The highest BCUT2D eigenvalue weighted by Gasteiger charge is 2.22. The van der Waals surface area contributed by atoms with E-state index in [4.69, 9.17) is 15.7 Å². The van der Waals surface area contributed by atoms with E-state index < -0.39 is 0 Å². The minimum atomic E-state index is 0.0256. The summed E-state index contributed by atoms with van der Waals surface area (Å²) in [6.07, 6.45) is 0.0256. The Balaban J connectivity index is 2.27. The largest absolute Gasteiger partial charge is 0.373 e. The van der Waals surface area contributed by atoms with Crippen molar-refractivity contribution in [3.8, 4) is 6.07 Å². The Labute approximate surface area is 101 Å². The van der Waals surface area contributed by atoms with Crippen LogP contribution in [0.3, 0.4) is 0 Å². The molecule has 1 aliphatic rings. The van der Waals surface area contributed by atoms with Gasteiger partial charge < -0.3 is 15.4 Å². The predicted molar refractivity (Wildman–Crippen MR) is 64.7 cm³/mol. The molecule has 17 heavy (non-hydrogen) atoms. The van der Waals surface area contributed by atoms with E-state index in [1.807, 2.05) is 19.1 Å². The maximum atomic E-state index is 9.09. The molecule has 0 radical (unpaired) electrons. The lowest BCUT2D eigenvalue weighted by atomic mass is 10.2. The number of nitrogens with two attached hydrogens (primary N) is 1. The first-order valence-corrected chi connectivity index (χ1v) is 5.69. The number of ether oxygens (including phenoxy) is 1. The zero-order valence-corrected chi connectivity index (χ0v) is 9.89. The van der Waals surface area contributed by atoms with Crippen LogP contribution in [0.1, 0.15) is 11.3 Å². The number of aryl methyl sites for hydroxylation is 1. The highest BCUT2D eigenvalue weighted by molar-refractivity contribution is 5.54. The number of pyridine rings is 1. The molecule has 0 aromatic carbocycles. The molecule has 90 valence electrons. The Morgan fingerprint density at radius 1 is 1.65 bits per heavy atom. The topological polar surface area (TPSA) is 75.2 Å². The number of aromatic nitrogens is 1. The molecular weight excluding hydrogens is 216 g/mol. The van der Waals surface area contributed by atoms with Gasteiger partial charge in [0, 0.05) is 25.3 Å². The normalized spacial score (nSPS) is 20.1. The lowest BCUT2D eigenvalue weighted by Crippen LogP contribution is -2.46. The first-order valence-electron chi connectivity index (χ1n) is 5.69. The molecule has 0 spiro atoms. The summed E-state index contributed by atoms with van der Waals surface area (Å²) in [6, 6.07) is 5.84. The summed E-state index contributed by atoms with van der Waals surface area (Å²) in [5.41, 5.74) is 7.12. The molecule has 1 unspecified atom stereocenters. The van der Waals surface area contributed by atoms with Crippen molar-refractivity contribution in [2.24, 2.45) is 5.73 Å². The molecule has 2 rings (SSSR count). The maximum absolute atomic E-state index is 9.09. The van der Waals surface area contributed by atoms with Crippen LogP contribution in [0.25, 0.3) is 0 Å². The third kappa shape index (κ3) is 2.54. The smallest absolute Gasteiger partial charge is 0.146 e. The van der Waals surface area contributed by atoms with Crippen molar-refractivity contribution in [1.82, 2.24) is 4.98 Å². The Morgan fingerprint density at radius 2 is 2.47 bits per heavy atom. The molecule has 0 aliphatic carbocycles. The lowest BCUT2D eigenvalue weighted by Gasteiger charge is -2.33. The van der Waals surface area contributed by atoms with Crippen LogP contribution < -0.4 is 10.6 Å². The molecule has 5 heteroatoms. The summed E-state index contributed by atoms with van der Waals surface area (Å²) < 4.78 is 5.51. The van der Waals surface area contributed by atoms with Crippen molar-refractivity contribution in [1.29, 1.82) is 5.26 Å². The number of nitrogens with zero attached hydrogens (tertiary/aromatic N) is 3. The second kappa shape index (κ2) is 5.13. The van der Waals surface area contributed by atoms with E-state index in [1.54, 1.807) is 0 Å². The SMILES string of the molecule is Cc1ccc(C#N)c(N2CCOC(CN)C2)n1. The van der Waals surface area contributed by atoms with Crippen LogP contribution in [0.2, 0.25) is 0 Å². The summed E-state index contributed by atoms with van der Waals surface area (Å²) >= 11 is 0. The number of morpholine rings is 1. The summed E-state index contributed by atoms with van der Waals surface area (Å²) in [7, 11) is 0. The number of hydrogen-bond acceptors (Lipinski definition) is 5. The first-order chi connectivity index (χ1) is 8.24. The van der Waals surface area contributed by atoms with Crippen LogP contribution in [-0.4, -0.2) is 37.3 Å². The quantitative estimate of drug-likeness (QED) is 0.800. The number of rotatable bonds is 2. The fraction of sp³-hybridized carbons (Fsp3) is 0.500. The van der Waals surface area contributed by atoms with Crippen LogP contribution >= 0.6 is 0 Å². The minimum Gasteiger partial charge on any atom is -0.373 e. The molecule has 1 aromatic heterocycles. The molecule has 1 aliphatic heterocycles. The van der Waals surface area contributed by atoms with Gasteiger partial charge in [-0.3, -0.25) is 0 Å². The van der Waals surface area contributed by atoms with E-state index in [1.165, 1.54) is 0 Å². The average molecular weight is 232 g/mol. The number of anilines is 1. The molecule has 2 heterocycles. The zero-order chi connectivity index (χ0) is 12.3. The third-order valence-electron chi connectivity index (χ3n) is 2.84. The monoisotopic (exact) mass is 232 g/mol. The fourth-order valence-corrected chi connectivity index (χ4v) is 1.93. The Kier molecular flexibility index (Phi) is 3.57. The fourth-order valence-electron chi connectivity index (χ4n) is 1.93. The average Bonchev–Trinajstić information content (AvgIpc) is 2.39. The van der Waals surface area contributed by atoms with Gasteiger partial charge in [-0.25, -0.2) is 4.98 Å². The maximum Gasteiger partial charge on any atom is 0.146 e. The van der Waals surface area contributed by atoms with Crippen molar-refractivity contribution in [3.63, 3.8) is 0 Å². The second-order valence-corrected chi connectivity index (χ2v) is 4.11. The van der Waals surface area contributed by atoms with E-state index >= 15 is 0 Å². The van der Waals surface area contributed by atoms with E-state index in [0.717, 1.165) is 18.1 Å². The standard InChI is InChI=1S/C12H16N4O/c1-9-2-3-10(6-13)12(15-9)16-4-5-17-11(7-14)8-16/h2-3,11H,4-5,7-8,14H2,1H3. The van der Waals surface area contributed by atoms with Gasteiger partial charge in [0.1, 0.15) is 11.9 Å². The van der Waals surface area contributed by atoms with Crippen molar-refractivity contribution in [3.05, 3.63) is 23.4 Å². The first kappa shape index (κ1) is 11.8. The van der Waals surface area contributed by atoms with Crippen molar-refractivity contribution in [2.75, 3.05) is 31.1 Å². The van der Waals surface area contributed by atoms with E-state index in [9.17, 15) is 0 Å². The van der Waals surface area contributed by atoms with Crippen molar-refractivity contribution < 1.29 is 4.74 Å². The van der Waals surface area contributed by atoms with Crippen LogP contribution in [0.5, 0.6) is 0 Å². The van der Waals surface area contributed by atoms with E-state index in [2.05, 4.69) is 16.0 Å². The van der Waals surface area contributed by atoms with Gasteiger partial charge in [-0.2, -0.15) is 5.26 Å². The molecule has 2 N–H and O–H groups in total. The summed E-state index contributed by atoms with van der Waals surface area (Å²) in [5, 5.41) is 9.09. The summed E-state index contributed by atoms with van der Waals surface area (Å²) in [6.45, 7) is 4.49. The number of nitriles is 1. The lowest BCUT2D eigenvalue weighted by molar-refractivity contribution is 0.0463. The molecule has 5 nitrogen and oxygen atoms in total. The molecule has 0 saturated carbocycles. The highest BCUT2D eigenvalue weighted by atomic mass is 16.5. The second-order valence-electron chi connectivity index (χ2n) is 4.11. The van der Waals surface area contributed by atoms with Gasteiger partial charge in [0.15, 0.2) is 0 Å². The van der Waals surface area contributed by atoms with E-state index in [-0.39, 0.29) is 6.10 Å². The number of hydrogen-bond donors (Lipinski definition) is 1. The van der Waals surface area contributed by atoms with Crippen LogP contribution in [-0.2, 0) is 4.74 Å². The van der Waals surface area contributed by atoms with Crippen LogP contribution in [0.4, 0.5) is 5.82 Å². The van der Waals surface area contributed by atoms with Gasteiger partial charge in [0.2, 0.25) is 0 Å². The summed E-state index contributed by atoms with van der Waals surface area (Å²) in [5.74, 6) is 0.745. The molecule has 1 saturated heterocycles. The van der Waals surface area contributed by atoms with Crippen molar-refractivity contribution in [2.45, 2.75) is 13.0 Å². The molecular formula is C12H16N4O. The Bertz CT molecular complexity index is 441. The zero-order valence-electron chi connectivity index (χ0n) is 9.89. The molecule has 0 amide bonds. The molecule has 1 atom stereocenters. The van der Waals surface area contributed by atoms with Gasteiger partial charge in [0.05, 0.1) is 18.3 Å². The Morgan fingerprint density at radius 3 is 3.18 bits per heavy atom. The minimum absolute atomic E-state index is 0.0256. The molecule has 1 aromatic rings. The predicted octanol–water partition coefficient (Wildman–Crippen LogP) is 0.426.